The Balaban J connectivity index is 1.58. The average Bonchev–Trinajstić information content (AvgIpc) is 3.23. The predicted molar refractivity (Wildman–Crippen MR) is 106 cm³/mol. The molecule has 1 atom stereocenters. The molecule has 2 aromatic carbocycles. The van der Waals surface area contributed by atoms with Crippen LogP contribution in [-0.2, 0) is 9.53 Å². The van der Waals surface area contributed by atoms with E-state index in [1.807, 2.05) is 29.2 Å². The molecule has 28 heavy (non-hydrogen) atoms. The van der Waals surface area contributed by atoms with E-state index in [0.717, 1.165) is 36.1 Å². The summed E-state index contributed by atoms with van der Waals surface area (Å²) in [6.07, 6.45) is 3.17. The van der Waals surface area contributed by atoms with Gasteiger partial charge in [-0.05, 0) is 43.2 Å². The summed E-state index contributed by atoms with van der Waals surface area (Å²) in [5.74, 6) is 0.208. The molecule has 1 N–H and O–H groups in total. The zero-order valence-electron chi connectivity index (χ0n) is 15.5. The molecule has 0 aliphatic carbocycles. The van der Waals surface area contributed by atoms with E-state index in [1.165, 1.54) is 13.4 Å². The molecule has 0 radical (unpaired) electrons. The van der Waals surface area contributed by atoms with E-state index in [9.17, 15) is 9.59 Å². The van der Waals surface area contributed by atoms with Gasteiger partial charge in [0.1, 0.15) is 18.2 Å². The molecule has 2 heterocycles. The number of benzene rings is 2. The topological polar surface area (TPSA) is 84.4 Å². The summed E-state index contributed by atoms with van der Waals surface area (Å²) in [6, 6.07) is 14.2. The van der Waals surface area contributed by atoms with Gasteiger partial charge in [-0.2, -0.15) is 0 Å². The van der Waals surface area contributed by atoms with Crippen molar-refractivity contribution in [3.63, 3.8) is 0 Å². The van der Waals surface area contributed by atoms with Crippen molar-refractivity contribution in [3.05, 3.63) is 60.4 Å². The van der Waals surface area contributed by atoms with Crippen LogP contribution in [0.25, 0.3) is 10.9 Å². The molecule has 1 aliphatic rings. The number of fused-ring (bicyclic) bond motifs is 1. The first-order chi connectivity index (χ1) is 13.7. The van der Waals surface area contributed by atoms with Crippen LogP contribution in [0.2, 0.25) is 0 Å². The number of carbonyl (C=O) groups is 2. The number of amides is 1. The number of hydrogen-bond donors (Lipinski definition) is 1. The van der Waals surface area contributed by atoms with Crippen LogP contribution in [0.1, 0.15) is 23.2 Å². The maximum atomic E-state index is 13.0. The van der Waals surface area contributed by atoms with Gasteiger partial charge >= 0.3 is 5.97 Å². The molecule has 1 amide bonds. The highest BCUT2D eigenvalue weighted by Gasteiger charge is 2.32. The zero-order chi connectivity index (χ0) is 19.5. The monoisotopic (exact) mass is 376 g/mol. The van der Waals surface area contributed by atoms with Gasteiger partial charge in [0.25, 0.3) is 0 Å². The normalized spacial score (nSPS) is 16.2. The Morgan fingerprint density at radius 2 is 2.00 bits per heavy atom. The van der Waals surface area contributed by atoms with Gasteiger partial charge in [-0.1, -0.05) is 18.2 Å². The highest BCUT2D eigenvalue weighted by molar-refractivity contribution is 6.00. The number of rotatable bonds is 4. The van der Waals surface area contributed by atoms with E-state index in [-0.39, 0.29) is 11.9 Å². The summed E-state index contributed by atoms with van der Waals surface area (Å²) >= 11 is 0. The number of methoxy groups -OCH3 is 1. The molecule has 1 saturated heterocycles. The minimum Gasteiger partial charge on any atom is -0.465 e. The van der Waals surface area contributed by atoms with Gasteiger partial charge in [0, 0.05) is 17.6 Å². The molecular formula is C21H20N4O3. The number of nitrogens with zero attached hydrogens (tertiary/aromatic N) is 3. The second-order valence-corrected chi connectivity index (χ2v) is 6.63. The standard InChI is InChI=1S/C21H20N4O3/c1-28-21(27)14-6-4-7-15(12-14)24-20(26)18-10-5-11-25(18)19-16-8-2-3-9-17(16)22-13-23-19/h2-4,6-9,12-13,18H,5,10-11H2,1H3,(H,24,26)/t18-/m0/s1. The van der Waals surface area contributed by atoms with Crippen molar-refractivity contribution in [2.45, 2.75) is 18.9 Å². The minimum absolute atomic E-state index is 0.123. The van der Waals surface area contributed by atoms with Gasteiger partial charge in [-0.15, -0.1) is 0 Å². The lowest BCUT2D eigenvalue weighted by molar-refractivity contribution is -0.117. The highest BCUT2D eigenvalue weighted by atomic mass is 16.5. The average molecular weight is 376 g/mol. The maximum absolute atomic E-state index is 13.0. The third-order valence-corrected chi connectivity index (χ3v) is 4.90. The predicted octanol–water partition coefficient (Wildman–Crippen LogP) is 3.02. The molecule has 7 nitrogen and oxygen atoms in total. The van der Waals surface area contributed by atoms with Crippen molar-refractivity contribution < 1.29 is 14.3 Å². The van der Waals surface area contributed by atoms with Gasteiger partial charge in [-0.25, -0.2) is 14.8 Å². The molecule has 3 aromatic rings. The first kappa shape index (κ1) is 17.9. The number of hydrogen-bond acceptors (Lipinski definition) is 6. The number of esters is 1. The number of para-hydroxylation sites is 1. The Kier molecular flexibility index (Phi) is 4.89. The first-order valence-electron chi connectivity index (χ1n) is 9.13. The number of carbonyl (C=O) groups excluding carboxylic acids is 2. The van der Waals surface area contributed by atoms with Gasteiger partial charge in [0.05, 0.1) is 18.2 Å². The number of nitrogens with one attached hydrogen (secondary N) is 1. The van der Waals surface area contributed by atoms with Crippen LogP contribution < -0.4 is 10.2 Å². The largest absolute Gasteiger partial charge is 0.465 e. The molecule has 1 aromatic heterocycles. The van der Waals surface area contributed by atoms with Crippen molar-refractivity contribution in [2.75, 3.05) is 23.9 Å². The maximum Gasteiger partial charge on any atom is 0.337 e. The molecule has 0 saturated carbocycles. The molecule has 142 valence electrons. The molecule has 7 heteroatoms. The van der Waals surface area contributed by atoms with Crippen LogP contribution in [0.3, 0.4) is 0 Å². The van der Waals surface area contributed by atoms with Crippen LogP contribution in [0.15, 0.2) is 54.9 Å². The van der Waals surface area contributed by atoms with Crippen molar-refractivity contribution in [1.29, 1.82) is 0 Å². The molecular weight excluding hydrogens is 356 g/mol. The van der Waals surface area contributed by atoms with E-state index in [1.54, 1.807) is 24.3 Å². The van der Waals surface area contributed by atoms with Gasteiger partial charge < -0.3 is 15.0 Å². The molecule has 1 fully saturated rings. The molecule has 1 aliphatic heterocycles. The minimum atomic E-state index is -0.439. The second kappa shape index (κ2) is 7.64. The molecule has 0 bridgehead atoms. The molecule has 4 rings (SSSR count). The Labute approximate surface area is 162 Å². The number of ether oxygens (including phenoxy) is 1. The summed E-state index contributed by atoms with van der Waals surface area (Å²) in [4.78, 5) is 35.5. The number of anilines is 2. The number of aromatic nitrogens is 2. The quantitative estimate of drug-likeness (QED) is 0.705. The third kappa shape index (κ3) is 3.38. The Hall–Kier alpha value is -3.48. The van der Waals surface area contributed by atoms with E-state index >= 15 is 0 Å². The summed E-state index contributed by atoms with van der Waals surface area (Å²) < 4.78 is 4.74. The summed E-state index contributed by atoms with van der Waals surface area (Å²) in [5, 5.41) is 3.85. The van der Waals surface area contributed by atoms with Gasteiger partial charge in [0.15, 0.2) is 0 Å². The van der Waals surface area contributed by atoms with Crippen LogP contribution in [0.5, 0.6) is 0 Å². The lowest BCUT2D eigenvalue weighted by atomic mass is 10.1. The van der Waals surface area contributed by atoms with E-state index in [2.05, 4.69) is 15.3 Å². The van der Waals surface area contributed by atoms with E-state index in [4.69, 9.17) is 4.74 Å². The Morgan fingerprint density at radius 1 is 1.14 bits per heavy atom. The van der Waals surface area contributed by atoms with Crippen molar-refractivity contribution >= 4 is 34.3 Å². The van der Waals surface area contributed by atoms with E-state index < -0.39 is 5.97 Å². The fraction of sp³-hybridized carbons (Fsp3) is 0.238. The Morgan fingerprint density at radius 3 is 2.86 bits per heavy atom. The zero-order valence-corrected chi connectivity index (χ0v) is 15.5. The molecule has 0 unspecified atom stereocenters. The third-order valence-electron chi connectivity index (χ3n) is 4.90. The van der Waals surface area contributed by atoms with Crippen LogP contribution in [-0.4, -0.2) is 41.5 Å². The van der Waals surface area contributed by atoms with Crippen molar-refractivity contribution in [2.24, 2.45) is 0 Å². The Bertz CT molecular complexity index is 1030. The SMILES string of the molecule is COC(=O)c1cccc(NC(=O)[C@@H]2CCCN2c2ncnc3ccccc23)c1. The fourth-order valence-electron chi connectivity index (χ4n) is 3.58. The molecule has 0 spiro atoms. The van der Waals surface area contributed by atoms with Gasteiger partial charge in [0.2, 0.25) is 5.91 Å². The lowest BCUT2D eigenvalue weighted by Gasteiger charge is -2.25. The van der Waals surface area contributed by atoms with Crippen molar-refractivity contribution in [3.8, 4) is 0 Å². The highest BCUT2D eigenvalue weighted by Crippen LogP contribution is 2.30. The summed E-state index contributed by atoms with van der Waals surface area (Å²) in [5.41, 5.74) is 1.81. The van der Waals surface area contributed by atoms with Crippen LogP contribution >= 0.6 is 0 Å². The lowest BCUT2D eigenvalue weighted by Crippen LogP contribution is -2.40. The van der Waals surface area contributed by atoms with Crippen LogP contribution in [0.4, 0.5) is 11.5 Å². The van der Waals surface area contributed by atoms with Gasteiger partial charge in [-0.3, -0.25) is 4.79 Å². The van der Waals surface area contributed by atoms with Crippen LogP contribution in [0, 0.1) is 0 Å². The van der Waals surface area contributed by atoms with Crippen molar-refractivity contribution in [1.82, 2.24) is 9.97 Å². The first-order valence-corrected chi connectivity index (χ1v) is 9.13. The fourth-order valence-corrected chi connectivity index (χ4v) is 3.58. The van der Waals surface area contributed by atoms with E-state index in [0.29, 0.717) is 11.3 Å². The summed E-state index contributed by atoms with van der Waals surface area (Å²) in [6.45, 7) is 0.751. The summed E-state index contributed by atoms with van der Waals surface area (Å²) in [7, 11) is 1.33. The second-order valence-electron chi connectivity index (χ2n) is 6.63. The smallest absolute Gasteiger partial charge is 0.337 e.